The summed E-state index contributed by atoms with van der Waals surface area (Å²) < 4.78 is 4.94. The van der Waals surface area contributed by atoms with E-state index in [2.05, 4.69) is 30.8 Å². The lowest BCUT2D eigenvalue weighted by Gasteiger charge is -2.06. The second-order valence-corrected chi connectivity index (χ2v) is 3.75. The normalized spacial score (nSPS) is 10.3. The van der Waals surface area contributed by atoms with Crippen LogP contribution in [0.2, 0.25) is 0 Å². The molecule has 0 aliphatic carbocycles. The summed E-state index contributed by atoms with van der Waals surface area (Å²) in [7, 11) is 1.65. The van der Waals surface area contributed by atoms with Gasteiger partial charge in [-0.3, -0.25) is 5.10 Å². The fraction of sp³-hybridized carbons (Fsp3) is 0.364. The van der Waals surface area contributed by atoms with Crippen LogP contribution < -0.4 is 10.6 Å². The predicted octanol–water partition coefficient (Wildman–Crippen LogP) is 1.31. The van der Waals surface area contributed by atoms with E-state index in [0.717, 1.165) is 11.5 Å². The monoisotopic (exact) mass is 248 g/mol. The second kappa shape index (κ2) is 5.97. The van der Waals surface area contributed by atoms with E-state index in [-0.39, 0.29) is 0 Å². The van der Waals surface area contributed by atoms with Gasteiger partial charge in [0.1, 0.15) is 5.82 Å². The zero-order valence-electron chi connectivity index (χ0n) is 10.4. The van der Waals surface area contributed by atoms with Crippen LogP contribution in [0.3, 0.4) is 0 Å². The molecule has 2 heterocycles. The molecule has 7 heteroatoms. The molecule has 0 saturated heterocycles. The van der Waals surface area contributed by atoms with E-state index in [1.807, 2.05) is 13.0 Å². The van der Waals surface area contributed by atoms with Crippen LogP contribution in [-0.4, -0.2) is 40.4 Å². The average molecular weight is 248 g/mol. The van der Waals surface area contributed by atoms with Gasteiger partial charge >= 0.3 is 0 Å². The third kappa shape index (κ3) is 3.42. The Bertz CT molecular complexity index is 498. The number of hydrogen-bond acceptors (Lipinski definition) is 6. The lowest BCUT2D eigenvalue weighted by Crippen LogP contribution is -2.10. The van der Waals surface area contributed by atoms with Gasteiger partial charge in [-0.1, -0.05) is 0 Å². The SMILES string of the molecule is COCCNc1nccc(Nc2cc(C)[nH]n2)n1. The van der Waals surface area contributed by atoms with Crippen LogP contribution in [0.25, 0.3) is 0 Å². The van der Waals surface area contributed by atoms with Gasteiger partial charge in [-0.15, -0.1) is 0 Å². The van der Waals surface area contributed by atoms with Crippen LogP contribution in [0.4, 0.5) is 17.6 Å². The molecule has 96 valence electrons. The maximum Gasteiger partial charge on any atom is 0.224 e. The summed E-state index contributed by atoms with van der Waals surface area (Å²) in [6.45, 7) is 3.22. The fourth-order valence-electron chi connectivity index (χ4n) is 1.39. The Labute approximate surface area is 105 Å². The van der Waals surface area contributed by atoms with Gasteiger partial charge in [0, 0.05) is 31.6 Å². The molecular weight excluding hydrogens is 232 g/mol. The van der Waals surface area contributed by atoms with Gasteiger partial charge in [-0.05, 0) is 13.0 Å². The van der Waals surface area contributed by atoms with Crippen molar-refractivity contribution in [1.82, 2.24) is 20.2 Å². The summed E-state index contributed by atoms with van der Waals surface area (Å²) in [5.41, 5.74) is 0.991. The number of ether oxygens (including phenoxy) is 1. The van der Waals surface area contributed by atoms with Crippen molar-refractivity contribution in [1.29, 1.82) is 0 Å². The molecule has 2 rings (SSSR count). The Morgan fingerprint density at radius 2 is 2.28 bits per heavy atom. The fourth-order valence-corrected chi connectivity index (χ4v) is 1.39. The van der Waals surface area contributed by atoms with Crippen molar-refractivity contribution in [3.05, 3.63) is 24.0 Å². The molecule has 2 aromatic heterocycles. The number of hydrogen-bond donors (Lipinski definition) is 3. The number of rotatable bonds is 6. The van der Waals surface area contributed by atoms with E-state index in [9.17, 15) is 0 Å². The number of H-pyrrole nitrogens is 1. The Morgan fingerprint density at radius 1 is 1.39 bits per heavy atom. The summed E-state index contributed by atoms with van der Waals surface area (Å²) in [4.78, 5) is 8.42. The lowest BCUT2D eigenvalue weighted by molar-refractivity contribution is 0.210. The smallest absolute Gasteiger partial charge is 0.224 e. The molecule has 18 heavy (non-hydrogen) atoms. The van der Waals surface area contributed by atoms with E-state index in [1.54, 1.807) is 19.4 Å². The van der Waals surface area contributed by atoms with E-state index in [0.29, 0.717) is 24.9 Å². The summed E-state index contributed by atoms with van der Waals surface area (Å²) in [5, 5.41) is 13.1. The highest BCUT2D eigenvalue weighted by atomic mass is 16.5. The number of methoxy groups -OCH3 is 1. The predicted molar refractivity (Wildman–Crippen MR) is 69.0 cm³/mol. The minimum absolute atomic E-state index is 0.560. The molecule has 0 saturated carbocycles. The molecule has 0 unspecified atom stereocenters. The topological polar surface area (TPSA) is 87.8 Å². The van der Waals surface area contributed by atoms with Crippen molar-refractivity contribution in [2.45, 2.75) is 6.92 Å². The van der Waals surface area contributed by atoms with Crippen molar-refractivity contribution >= 4 is 17.6 Å². The van der Waals surface area contributed by atoms with E-state index < -0.39 is 0 Å². The summed E-state index contributed by atoms with van der Waals surface area (Å²) >= 11 is 0. The van der Waals surface area contributed by atoms with Gasteiger partial charge in [0.15, 0.2) is 5.82 Å². The number of aryl methyl sites for hydroxylation is 1. The van der Waals surface area contributed by atoms with Crippen molar-refractivity contribution in [3.8, 4) is 0 Å². The largest absolute Gasteiger partial charge is 0.383 e. The number of anilines is 3. The lowest BCUT2D eigenvalue weighted by atomic mass is 10.4. The molecule has 0 spiro atoms. The third-order valence-electron chi connectivity index (χ3n) is 2.21. The van der Waals surface area contributed by atoms with Crippen LogP contribution >= 0.6 is 0 Å². The van der Waals surface area contributed by atoms with Gasteiger partial charge in [-0.2, -0.15) is 10.1 Å². The highest BCUT2D eigenvalue weighted by Gasteiger charge is 2.01. The van der Waals surface area contributed by atoms with Crippen molar-refractivity contribution in [3.63, 3.8) is 0 Å². The molecule has 7 nitrogen and oxygen atoms in total. The molecule has 0 bridgehead atoms. The molecule has 0 amide bonds. The van der Waals surface area contributed by atoms with Crippen molar-refractivity contribution in [2.75, 3.05) is 30.9 Å². The van der Waals surface area contributed by atoms with E-state index >= 15 is 0 Å². The Hall–Kier alpha value is -2.15. The van der Waals surface area contributed by atoms with E-state index in [4.69, 9.17) is 4.74 Å². The highest BCUT2D eigenvalue weighted by Crippen LogP contribution is 2.13. The first-order chi connectivity index (χ1) is 8.78. The van der Waals surface area contributed by atoms with Gasteiger partial charge < -0.3 is 15.4 Å². The Balaban J connectivity index is 1.98. The molecule has 0 aliphatic heterocycles. The molecule has 0 aliphatic rings. The van der Waals surface area contributed by atoms with Crippen LogP contribution in [0, 0.1) is 6.92 Å². The number of aromatic nitrogens is 4. The Morgan fingerprint density at radius 3 is 3.00 bits per heavy atom. The number of nitrogens with one attached hydrogen (secondary N) is 3. The van der Waals surface area contributed by atoms with Gasteiger partial charge in [-0.25, -0.2) is 4.98 Å². The van der Waals surface area contributed by atoms with E-state index in [1.165, 1.54) is 0 Å². The minimum Gasteiger partial charge on any atom is -0.383 e. The van der Waals surface area contributed by atoms with Gasteiger partial charge in [0.25, 0.3) is 0 Å². The molecule has 0 fully saturated rings. The maximum absolute atomic E-state index is 4.94. The van der Waals surface area contributed by atoms with Crippen molar-refractivity contribution < 1.29 is 4.74 Å². The summed E-state index contributed by atoms with van der Waals surface area (Å²) in [6.07, 6.45) is 1.68. The summed E-state index contributed by atoms with van der Waals surface area (Å²) in [6, 6.07) is 3.69. The molecule has 3 N–H and O–H groups in total. The van der Waals surface area contributed by atoms with Crippen LogP contribution in [-0.2, 0) is 4.74 Å². The van der Waals surface area contributed by atoms with Crippen LogP contribution in [0.15, 0.2) is 18.3 Å². The highest BCUT2D eigenvalue weighted by molar-refractivity contribution is 5.52. The number of aromatic amines is 1. The first kappa shape index (κ1) is 12.3. The Kier molecular flexibility index (Phi) is 4.08. The van der Waals surface area contributed by atoms with Crippen molar-refractivity contribution in [2.24, 2.45) is 0 Å². The third-order valence-corrected chi connectivity index (χ3v) is 2.21. The first-order valence-electron chi connectivity index (χ1n) is 5.63. The first-order valence-corrected chi connectivity index (χ1v) is 5.63. The summed E-state index contributed by atoms with van der Waals surface area (Å²) in [5.74, 6) is 1.98. The minimum atomic E-state index is 0.560. The second-order valence-electron chi connectivity index (χ2n) is 3.75. The average Bonchev–Trinajstić information content (AvgIpc) is 2.76. The quantitative estimate of drug-likeness (QED) is 0.668. The van der Waals surface area contributed by atoms with Crippen LogP contribution in [0.5, 0.6) is 0 Å². The molecular formula is C11H16N6O. The molecule has 0 aromatic carbocycles. The zero-order chi connectivity index (χ0) is 12.8. The molecule has 0 radical (unpaired) electrons. The van der Waals surface area contributed by atoms with Gasteiger partial charge in [0.2, 0.25) is 5.95 Å². The van der Waals surface area contributed by atoms with Gasteiger partial charge in [0.05, 0.1) is 6.61 Å². The standard InChI is InChI=1S/C11H16N6O/c1-8-7-10(17-16-8)14-9-3-4-12-11(15-9)13-5-6-18-2/h3-4,7H,5-6H2,1-2H3,(H3,12,13,14,15,16,17). The van der Waals surface area contributed by atoms with Crippen LogP contribution in [0.1, 0.15) is 5.69 Å². The maximum atomic E-state index is 4.94. The molecule has 2 aromatic rings. The zero-order valence-corrected chi connectivity index (χ0v) is 10.4. The molecule has 0 atom stereocenters. The number of nitrogens with zero attached hydrogens (tertiary/aromatic N) is 3.